The second-order valence-electron chi connectivity index (χ2n) is 13.5. The lowest BCUT2D eigenvalue weighted by Gasteiger charge is -2.22. The molecule has 2 aliphatic heterocycles. The Morgan fingerprint density at radius 1 is 0.721 bits per heavy atom. The Labute approximate surface area is 263 Å². The van der Waals surface area contributed by atoms with Crippen molar-refractivity contribution < 1.29 is 29.3 Å². The van der Waals surface area contributed by atoms with Gasteiger partial charge in [-0.1, -0.05) is 110 Å². The largest absolute Gasteiger partial charge is 0.455 e. The molecule has 1 saturated heterocycles. The van der Waals surface area contributed by atoms with Gasteiger partial charge in [0, 0.05) is 18.4 Å². The van der Waals surface area contributed by atoms with Gasteiger partial charge in [-0.2, -0.15) is 0 Å². The predicted octanol–water partition coefficient (Wildman–Crippen LogP) is 9.08. The van der Waals surface area contributed by atoms with E-state index >= 15 is 0 Å². The Bertz CT molecular complexity index is 764. The quantitative estimate of drug-likeness (QED) is 0.0682. The van der Waals surface area contributed by atoms with Gasteiger partial charge in [0.1, 0.15) is 11.9 Å². The van der Waals surface area contributed by atoms with Crippen molar-refractivity contribution in [2.75, 3.05) is 0 Å². The summed E-state index contributed by atoms with van der Waals surface area (Å²) in [6.45, 7) is 4.15. The summed E-state index contributed by atoms with van der Waals surface area (Å²) in [7, 11) is 0. The van der Waals surface area contributed by atoms with Crippen LogP contribution in [-0.2, 0) is 19.1 Å². The number of carbonyl (C=O) groups excluding carboxylic acids is 2. The molecule has 0 bridgehead atoms. The lowest BCUT2D eigenvalue weighted by atomic mass is 9.99. The van der Waals surface area contributed by atoms with Gasteiger partial charge in [0.25, 0.3) is 0 Å². The molecule has 0 radical (unpaired) electrons. The summed E-state index contributed by atoms with van der Waals surface area (Å²) in [5.74, 6) is 0.214. The third-order valence-electron chi connectivity index (χ3n) is 9.40. The minimum atomic E-state index is -0.455. The normalized spacial score (nSPS) is 21.6. The van der Waals surface area contributed by atoms with E-state index in [1.165, 1.54) is 57.8 Å². The first kappa shape index (κ1) is 37.9. The molecule has 1 fully saturated rings. The standard InChI is InChI=1S/C37H66O6/c1-3-4-5-6-7-8-9-10-14-20-25-33(39)35-27-28-36(43-35)34(40)26-21-16-15-19-24-32(38)23-18-13-11-12-17-22-31-29-30(2)42-37(31)41/h29-30,33-36,39-40H,3-28H2,1-2H3/t30?,33-,34+,35-,36+/m0/s1. The molecular formula is C37H66O6. The number of Topliss-reactive ketones (excluding diaryl/α,β-unsaturated/α-hetero) is 1. The van der Waals surface area contributed by atoms with Crippen LogP contribution in [0.2, 0.25) is 0 Å². The fourth-order valence-corrected chi connectivity index (χ4v) is 6.61. The number of unbranched alkanes of at least 4 members (excludes halogenated alkanes) is 16. The molecule has 0 spiro atoms. The Morgan fingerprint density at radius 2 is 1.16 bits per heavy atom. The third-order valence-corrected chi connectivity index (χ3v) is 9.40. The Kier molecular flexibility index (Phi) is 21.2. The summed E-state index contributed by atoms with van der Waals surface area (Å²) in [5, 5.41) is 21.2. The fourth-order valence-electron chi connectivity index (χ4n) is 6.61. The maximum atomic E-state index is 12.2. The molecule has 0 aromatic heterocycles. The summed E-state index contributed by atoms with van der Waals surface area (Å²) in [4.78, 5) is 23.8. The van der Waals surface area contributed by atoms with Crippen molar-refractivity contribution in [3.05, 3.63) is 11.6 Å². The number of ether oxygens (including phenoxy) is 2. The first-order valence-electron chi connectivity index (χ1n) is 18.4. The van der Waals surface area contributed by atoms with Gasteiger partial charge in [-0.3, -0.25) is 4.79 Å². The Balaban J connectivity index is 1.36. The van der Waals surface area contributed by atoms with Crippen molar-refractivity contribution in [3.8, 4) is 0 Å². The van der Waals surface area contributed by atoms with Crippen molar-refractivity contribution in [2.45, 2.75) is 211 Å². The smallest absolute Gasteiger partial charge is 0.334 e. The Morgan fingerprint density at radius 3 is 1.63 bits per heavy atom. The second kappa shape index (κ2) is 24.1. The van der Waals surface area contributed by atoms with Crippen LogP contribution in [0.1, 0.15) is 181 Å². The van der Waals surface area contributed by atoms with Crippen molar-refractivity contribution in [3.63, 3.8) is 0 Å². The molecule has 0 saturated carbocycles. The first-order chi connectivity index (χ1) is 20.9. The highest BCUT2D eigenvalue weighted by Crippen LogP contribution is 2.28. The summed E-state index contributed by atoms with van der Waals surface area (Å²) < 4.78 is 11.2. The number of esters is 1. The number of hydrogen-bond donors (Lipinski definition) is 2. The van der Waals surface area contributed by atoms with E-state index in [0.717, 1.165) is 102 Å². The maximum absolute atomic E-state index is 12.2. The van der Waals surface area contributed by atoms with Crippen LogP contribution >= 0.6 is 0 Å². The minimum absolute atomic E-state index is 0.0794. The molecule has 0 aromatic carbocycles. The number of hydrogen-bond acceptors (Lipinski definition) is 6. The predicted molar refractivity (Wildman–Crippen MR) is 175 cm³/mol. The zero-order valence-corrected chi connectivity index (χ0v) is 27.9. The van der Waals surface area contributed by atoms with Crippen molar-refractivity contribution in [1.29, 1.82) is 0 Å². The molecule has 0 aromatic rings. The van der Waals surface area contributed by atoms with Crippen molar-refractivity contribution in [2.24, 2.45) is 0 Å². The first-order valence-corrected chi connectivity index (χ1v) is 18.4. The molecule has 2 heterocycles. The molecular weight excluding hydrogens is 540 g/mol. The lowest BCUT2D eigenvalue weighted by Crippen LogP contribution is -2.31. The number of cyclic esters (lactones) is 1. The van der Waals surface area contributed by atoms with E-state index in [-0.39, 0.29) is 24.3 Å². The topological polar surface area (TPSA) is 93.1 Å². The van der Waals surface area contributed by atoms with Gasteiger partial charge in [-0.05, 0) is 64.4 Å². The van der Waals surface area contributed by atoms with Gasteiger partial charge in [-0.25, -0.2) is 4.79 Å². The molecule has 250 valence electrons. The van der Waals surface area contributed by atoms with Crippen LogP contribution in [0, 0.1) is 0 Å². The second-order valence-corrected chi connectivity index (χ2v) is 13.5. The van der Waals surface area contributed by atoms with E-state index in [1.807, 2.05) is 13.0 Å². The van der Waals surface area contributed by atoms with E-state index < -0.39 is 12.2 Å². The molecule has 1 unspecified atom stereocenters. The number of aliphatic hydroxyl groups is 2. The van der Waals surface area contributed by atoms with Crippen LogP contribution in [0.25, 0.3) is 0 Å². The average Bonchev–Trinajstić information content (AvgIpc) is 3.61. The molecule has 6 heteroatoms. The highest BCUT2D eigenvalue weighted by molar-refractivity contribution is 5.90. The van der Waals surface area contributed by atoms with Crippen molar-refractivity contribution >= 4 is 11.8 Å². The highest BCUT2D eigenvalue weighted by Gasteiger charge is 2.34. The van der Waals surface area contributed by atoms with Crippen molar-refractivity contribution in [1.82, 2.24) is 0 Å². The number of rotatable bonds is 28. The highest BCUT2D eigenvalue weighted by atomic mass is 16.5. The molecule has 2 N–H and O–H groups in total. The molecule has 0 amide bonds. The minimum Gasteiger partial charge on any atom is -0.455 e. The molecule has 0 aliphatic carbocycles. The Hall–Kier alpha value is -1.24. The van der Waals surface area contributed by atoms with E-state index in [4.69, 9.17) is 9.47 Å². The van der Waals surface area contributed by atoms with Gasteiger partial charge in [0.15, 0.2) is 0 Å². The summed E-state index contributed by atoms with van der Waals surface area (Å²) in [5.41, 5.74) is 0.822. The molecule has 6 nitrogen and oxygen atoms in total. The summed E-state index contributed by atoms with van der Waals surface area (Å²) >= 11 is 0. The van der Waals surface area contributed by atoms with Crippen LogP contribution in [0.15, 0.2) is 11.6 Å². The monoisotopic (exact) mass is 606 g/mol. The van der Waals surface area contributed by atoms with E-state index in [2.05, 4.69) is 6.92 Å². The van der Waals surface area contributed by atoms with Crippen LogP contribution in [0.4, 0.5) is 0 Å². The number of ketones is 1. The van der Waals surface area contributed by atoms with Crippen LogP contribution < -0.4 is 0 Å². The lowest BCUT2D eigenvalue weighted by molar-refractivity contribution is -0.139. The zero-order chi connectivity index (χ0) is 31.1. The van der Waals surface area contributed by atoms with E-state index in [9.17, 15) is 19.8 Å². The molecule has 5 atom stereocenters. The van der Waals surface area contributed by atoms with Gasteiger partial charge in [0.05, 0.1) is 24.4 Å². The molecule has 43 heavy (non-hydrogen) atoms. The average molecular weight is 607 g/mol. The van der Waals surface area contributed by atoms with Crippen LogP contribution in [0.5, 0.6) is 0 Å². The maximum Gasteiger partial charge on any atom is 0.334 e. The molecule has 2 rings (SSSR count). The van der Waals surface area contributed by atoms with Gasteiger partial charge in [-0.15, -0.1) is 0 Å². The fraction of sp³-hybridized carbons (Fsp3) is 0.892. The summed E-state index contributed by atoms with van der Waals surface area (Å²) in [6, 6.07) is 0. The molecule has 2 aliphatic rings. The SMILES string of the molecule is CCCCCCCCCCCC[C@H](O)[C@@H]1CC[C@H]([C@H](O)CCCCCCC(=O)CCCCCCCC2=CC(C)OC2=O)O1. The van der Waals surface area contributed by atoms with E-state index in [1.54, 1.807) is 0 Å². The van der Waals surface area contributed by atoms with Gasteiger partial charge >= 0.3 is 5.97 Å². The van der Waals surface area contributed by atoms with Crippen LogP contribution in [-0.4, -0.2) is 52.5 Å². The zero-order valence-electron chi connectivity index (χ0n) is 27.9. The van der Waals surface area contributed by atoms with E-state index in [0.29, 0.717) is 18.6 Å². The number of aliphatic hydroxyl groups excluding tert-OH is 2. The summed E-state index contributed by atoms with van der Waals surface area (Å²) in [6.07, 6.45) is 28.3. The van der Waals surface area contributed by atoms with Crippen LogP contribution in [0.3, 0.4) is 0 Å². The number of carbonyl (C=O) groups is 2. The van der Waals surface area contributed by atoms with Gasteiger partial charge in [0.2, 0.25) is 0 Å². The van der Waals surface area contributed by atoms with Gasteiger partial charge < -0.3 is 19.7 Å². The third kappa shape index (κ3) is 17.7.